The highest BCUT2D eigenvalue weighted by Crippen LogP contribution is 2.24. The van der Waals surface area contributed by atoms with Crippen molar-refractivity contribution in [2.24, 2.45) is 5.92 Å². The van der Waals surface area contributed by atoms with E-state index in [-0.39, 0.29) is 18.6 Å². The van der Waals surface area contributed by atoms with Gasteiger partial charge >= 0.3 is 0 Å². The molecule has 0 aliphatic rings. The lowest BCUT2D eigenvalue weighted by molar-refractivity contribution is -0.124. The molecule has 1 N–H and O–H groups in total. The van der Waals surface area contributed by atoms with Gasteiger partial charge < -0.3 is 10.1 Å². The van der Waals surface area contributed by atoms with Crippen molar-refractivity contribution in [1.29, 1.82) is 0 Å². The van der Waals surface area contributed by atoms with Crippen molar-refractivity contribution in [3.05, 3.63) is 28.8 Å². The first kappa shape index (κ1) is 16.2. The van der Waals surface area contributed by atoms with Gasteiger partial charge in [0.2, 0.25) is 0 Å². The number of amides is 1. The number of carbonyl (C=O) groups excluding carboxylic acids is 2. The maximum atomic E-state index is 11.8. The largest absolute Gasteiger partial charge is 0.483 e. The molecular formula is C16H23NO3. The van der Waals surface area contributed by atoms with E-state index >= 15 is 0 Å². The van der Waals surface area contributed by atoms with Crippen LogP contribution in [0, 0.1) is 19.8 Å². The van der Waals surface area contributed by atoms with Gasteiger partial charge in [0.15, 0.2) is 6.61 Å². The number of benzene rings is 1. The van der Waals surface area contributed by atoms with Gasteiger partial charge in [0.1, 0.15) is 12.0 Å². The maximum Gasteiger partial charge on any atom is 0.258 e. The Morgan fingerprint density at radius 2 is 1.80 bits per heavy atom. The van der Waals surface area contributed by atoms with E-state index < -0.39 is 0 Å². The molecule has 20 heavy (non-hydrogen) atoms. The normalized spacial score (nSPS) is 12.1. The van der Waals surface area contributed by atoms with E-state index in [4.69, 9.17) is 4.74 Å². The average Bonchev–Trinajstić information content (AvgIpc) is 2.37. The maximum absolute atomic E-state index is 11.8. The molecule has 1 aromatic rings. The summed E-state index contributed by atoms with van der Waals surface area (Å²) in [6.07, 6.45) is 0.806. The molecule has 0 spiro atoms. The highest BCUT2D eigenvalue weighted by Gasteiger charge is 2.13. The minimum absolute atomic E-state index is 0.0147. The quantitative estimate of drug-likeness (QED) is 0.813. The number of aryl methyl sites for hydroxylation is 2. The van der Waals surface area contributed by atoms with Crippen molar-refractivity contribution in [3.63, 3.8) is 0 Å². The Kier molecular flexibility index (Phi) is 5.74. The summed E-state index contributed by atoms with van der Waals surface area (Å²) in [6, 6.07) is 3.62. The van der Waals surface area contributed by atoms with Gasteiger partial charge in [0, 0.05) is 11.6 Å². The average molecular weight is 277 g/mol. The summed E-state index contributed by atoms with van der Waals surface area (Å²) < 4.78 is 5.58. The van der Waals surface area contributed by atoms with E-state index in [1.165, 1.54) is 0 Å². The van der Waals surface area contributed by atoms with Gasteiger partial charge in [-0.05, 0) is 49.9 Å². The van der Waals surface area contributed by atoms with Gasteiger partial charge in [0.05, 0.1) is 0 Å². The molecule has 1 atom stereocenters. The third-order valence-electron chi connectivity index (χ3n) is 3.36. The second-order valence-corrected chi connectivity index (χ2v) is 5.49. The summed E-state index contributed by atoms with van der Waals surface area (Å²) in [4.78, 5) is 22.6. The molecule has 1 amide bonds. The number of hydrogen-bond donors (Lipinski definition) is 1. The molecule has 1 rings (SSSR count). The van der Waals surface area contributed by atoms with E-state index in [1.807, 2.05) is 20.8 Å². The van der Waals surface area contributed by atoms with Crippen LogP contribution >= 0.6 is 0 Å². The zero-order chi connectivity index (χ0) is 15.3. The molecule has 110 valence electrons. The number of hydrogen-bond acceptors (Lipinski definition) is 3. The van der Waals surface area contributed by atoms with E-state index in [0.717, 1.165) is 17.4 Å². The Hall–Kier alpha value is -1.84. The zero-order valence-electron chi connectivity index (χ0n) is 12.8. The van der Waals surface area contributed by atoms with Crippen LogP contribution in [-0.4, -0.2) is 24.8 Å². The molecule has 0 saturated carbocycles. The summed E-state index contributed by atoms with van der Waals surface area (Å²) >= 11 is 0. The van der Waals surface area contributed by atoms with Crippen molar-refractivity contribution < 1.29 is 14.3 Å². The lowest BCUT2D eigenvalue weighted by Gasteiger charge is -2.18. The lowest BCUT2D eigenvalue weighted by atomic mass is 10.1. The van der Waals surface area contributed by atoms with Crippen molar-refractivity contribution in [2.75, 3.05) is 6.61 Å². The topological polar surface area (TPSA) is 55.4 Å². The molecule has 4 heteroatoms. The van der Waals surface area contributed by atoms with Crippen LogP contribution in [-0.2, 0) is 4.79 Å². The molecule has 0 aliphatic heterocycles. The van der Waals surface area contributed by atoms with Gasteiger partial charge in [-0.15, -0.1) is 0 Å². The number of rotatable bonds is 6. The van der Waals surface area contributed by atoms with Crippen LogP contribution in [0.3, 0.4) is 0 Å². The Labute approximate surface area is 120 Å². The fourth-order valence-corrected chi connectivity index (χ4v) is 1.88. The molecule has 0 radical (unpaired) electrons. The fourth-order valence-electron chi connectivity index (χ4n) is 1.88. The van der Waals surface area contributed by atoms with Crippen molar-refractivity contribution >= 4 is 12.2 Å². The minimum atomic E-state index is -0.135. The predicted octanol–water partition coefficient (Wildman–Crippen LogP) is 2.66. The van der Waals surface area contributed by atoms with Crippen LogP contribution in [0.15, 0.2) is 12.1 Å². The van der Waals surface area contributed by atoms with E-state index in [9.17, 15) is 9.59 Å². The summed E-state index contributed by atoms with van der Waals surface area (Å²) in [5.74, 6) is 0.918. The molecule has 0 heterocycles. The first-order valence-electron chi connectivity index (χ1n) is 6.83. The molecule has 0 bridgehead atoms. The molecular weight excluding hydrogens is 254 g/mol. The highest BCUT2D eigenvalue weighted by atomic mass is 16.5. The third-order valence-corrected chi connectivity index (χ3v) is 3.36. The molecule has 0 unspecified atom stereocenters. The Morgan fingerprint density at radius 1 is 1.25 bits per heavy atom. The summed E-state index contributed by atoms with van der Waals surface area (Å²) in [6.45, 7) is 9.79. The van der Waals surface area contributed by atoms with Gasteiger partial charge in [0.25, 0.3) is 5.91 Å². The smallest absolute Gasteiger partial charge is 0.258 e. The third kappa shape index (κ3) is 4.37. The number of ether oxygens (including phenoxy) is 1. The summed E-state index contributed by atoms with van der Waals surface area (Å²) in [5, 5.41) is 2.89. The van der Waals surface area contributed by atoms with Crippen LogP contribution in [0.1, 0.15) is 42.3 Å². The SMILES string of the molecule is Cc1cc(C=O)cc(C)c1OCC(=O)N[C@H](C)C(C)C. The molecule has 0 saturated heterocycles. The zero-order valence-corrected chi connectivity index (χ0v) is 12.8. The van der Waals surface area contributed by atoms with Gasteiger partial charge in [-0.3, -0.25) is 9.59 Å². The molecule has 1 aromatic carbocycles. The molecule has 0 fully saturated rings. The Bertz CT molecular complexity index is 471. The van der Waals surface area contributed by atoms with Crippen LogP contribution in [0.4, 0.5) is 0 Å². The van der Waals surface area contributed by atoms with Crippen LogP contribution in [0.2, 0.25) is 0 Å². The van der Waals surface area contributed by atoms with Crippen molar-refractivity contribution in [3.8, 4) is 5.75 Å². The number of carbonyl (C=O) groups is 2. The second-order valence-electron chi connectivity index (χ2n) is 5.49. The van der Waals surface area contributed by atoms with Gasteiger partial charge in [-0.2, -0.15) is 0 Å². The monoisotopic (exact) mass is 277 g/mol. The first-order valence-corrected chi connectivity index (χ1v) is 6.83. The van der Waals surface area contributed by atoms with E-state index in [0.29, 0.717) is 17.2 Å². The highest BCUT2D eigenvalue weighted by molar-refractivity contribution is 5.78. The molecule has 0 aliphatic carbocycles. The summed E-state index contributed by atoms with van der Waals surface area (Å²) in [7, 11) is 0. The molecule has 0 aromatic heterocycles. The second kappa shape index (κ2) is 7.08. The Morgan fingerprint density at radius 3 is 2.25 bits per heavy atom. The number of nitrogens with one attached hydrogen (secondary N) is 1. The van der Waals surface area contributed by atoms with Crippen LogP contribution < -0.4 is 10.1 Å². The first-order chi connectivity index (χ1) is 9.35. The number of aldehydes is 1. The Balaban J connectivity index is 2.66. The fraction of sp³-hybridized carbons (Fsp3) is 0.500. The van der Waals surface area contributed by atoms with E-state index in [2.05, 4.69) is 19.2 Å². The van der Waals surface area contributed by atoms with Gasteiger partial charge in [-0.1, -0.05) is 13.8 Å². The standard InChI is InChI=1S/C16H23NO3/c1-10(2)13(5)17-15(19)9-20-16-11(3)6-14(8-18)7-12(16)4/h6-8,10,13H,9H2,1-5H3,(H,17,19)/t13-/m1/s1. The van der Waals surface area contributed by atoms with Gasteiger partial charge in [-0.25, -0.2) is 0 Å². The van der Waals surface area contributed by atoms with Crippen molar-refractivity contribution in [1.82, 2.24) is 5.32 Å². The summed E-state index contributed by atoms with van der Waals surface area (Å²) in [5.41, 5.74) is 2.33. The minimum Gasteiger partial charge on any atom is -0.483 e. The van der Waals surface area contributed by atoms with E-state index in [1.54, 1.807) is 12.1 Å². The predicted molar refractivity (Wildman–Crippen MR) is 79.2 cm³/mol. The van der Waals surface area contributed by atoms with Crippen LogP contribution in [0.25, 0.3) is 0 Å². The molecule has 4 nitrogen and oxygen atoms in total. The van der Waals surface area contributed by atoms with Crippen molar-refractivity contribution in [2.45, 2.75) is 40.7 Å². The lowest BCUT2D eigenvalue weighted by Crippen LogP contribution is -2.39. The van der Waals surface area contributed by atoms with Crippen LogP contribution in [0.5, 0.6) is 5.75 Å².